The van der Waals surface area contributed by atoms with Crippen LogP contribution in [0.15, 0.2) is 6.07 Å². The molecular weight excluding hydrogens is 188 g/mol. The van der Waals surface area contributed by atoms with Crippen LogP contribution in [0, 0.1) is 6.92 Å². The van der Waals surface area contributed by atoms with Gasteiger partial charge in [-0.1, -0.05) is 0 Å². The average Bonchev–Trinajstić information content (AvgIpc) is 2.55. The quantitative estimate of drug-likeness (QED) is 0.754. The summed E-state index contributed by atoms with van der Waals surface area (Å²) in [4.78, 5) is 11.8. The third-order valence-electron chi connectivity index (χ3n) is 2.04. The zero-order valence-corrected chi connectivity index (χ0v) is 8.05. The van der Waals surface area contributed by atoms with Gasteiger partial charge < -0.3 is 5.11 Å². The van der Waals surface area contributed by atoms with E-state index in [0.717, 1.165) is 15.9 Å². The van der Waals surface area contributed by atoms with Crippen LogP contribution in [0.2, 0.25) is 0 Å². The van der Waals surface area contributed by atoms with E-state index >= 15 is 0 Å². The maximum Gasteiger partial charge on any atom is 0.345 e. The van der Waals surface area contributed by atoms with Crippen LogP contribution in [-0.4, -0.2) is 20.9 Å². The van der Waals surface area contributed by atoms with E-state index < -0.39 is 5.97 Å². The smallest absolute Gasteiger partial charge is 0.345 e. The minimum absolute atomic E-state index is 0.348. The lowest BCUT2D eigenvalue weighted by Crippen LogP contribution is -1.93. The molecule has 0 atom stereocenters. The van der Waals surface area contributed by atoms with Crippen molar-refractivity contribution in [2.75, 3.05) is 0 Å². The van der Waals surface area contributed by atoms with Crippen molar-refractivity contribution in [3.05, 3.63) is 16.6 Å². The lowest BCUT2D eigenvalue weighted by Gasteiger charge is -1.90. The van der Waals surface area contributed by atoms with Gasteiger partial charge >= 0.3 is 5.97 Å². The standard InChI is InChI=1S/C8H8N2O2S/c1-4-5-3-6(8(11)12)13-7(5)9-10(4)2/h3H,1-2H3,(H,11,12). The van der Waals surface area contributed by atoms with Gasteiger partial charge in [0.25, 0.3) is 0 Å². The second kappa shape index (κ2) is 2.56. The Morgan fingerprint density at radius 1 is 1.69 bits per heavy atom. The first-order valence-corrected chi connectivity index (χ1v) is 4.57. The van der Waals surface area contributed by atoms with Crippen LogP contribution in [0.3, 0.4) is 0 Å². The third kappa shape index (κ3) is 1.12. The normalized spacial score (nSPS) is 10.9. The van der Waals surface area contributed by atoms with Crippen LogP contribution in [0.4, 0.5) is 0 Å². The Labute approximate surface area is 78.4 Å². The van der Waals surface area contributed by atoms with Crippen LogP contribution in [-0.2, 0) is 7.05 Å². The average molecular weight is 196 g/mol. The number of carboxylic acid groups (broad SMARTS) is 1. The fourth-order valence-corrected chi connectivity index (χ4v) is 2.16. The van der Waals surface area contributed by atoms with Crippen molar-refractivity contribution in [3.63, 3.8) is 0 Å². The molecule has 13 heavy (non-hydrogen) atoms. The van der Waals surface area contributed by atoms with Crippen LogP contribution in [0.25, 0.3) is 10.2 Å². The monoisotopic (exact) mass is 196 g/mol. The van der Waals surface area contributed by atoms with Gasteiger partial charge in [0.2, 0.25) is 0 Å². The summed E-state index contributed by atoms with van der Waals surface area (Å²) in [5, 5.41) is 13.9. The van der Waals surface area contributed by atoms with Crippen molar-refractivity contribution >= 4 is 27.5 Å². The van der Waals surface area contributed by atoms with Gasteiger partial charge in [-0.05, 0) is 13.0 Å². The van der Waals surface area contributed by atoms with Crippen molar-refractivity contribution in [2.45, 2.75) is 6.92 Å². The van der Waals surface area contributed by atoms with Crippen molar-refractivity contribution in [1.29, 1.82) is 0 Å². The maximum absolute atomic E-state index is 10.6. The summed E-state index contributed by atoms with van der Waals surface area (Å²) in [5.74, 6) is -0.884. The number of hydrogen-bond acceptors (Lipinski definition) is 3. The number of thiophene rings is 1. The van der Waals surface area contributed by atoms with Gasteiger partial charge in [-0.2, -0.15) is 5.10 Å². The molecule has 0 aliphatic heterocycles. The van der Waals surface area contributed by atoms with Gasteiger partial charge in [0, 0.05) is 18.1 Å². The topological polar surface area (TPSA) is 55.1 Å². The van der Waals surface area contributed by atoms with Crippen molar-refractivity contribution < 1.29 is 9.90 Å². The first-order chi connectivity index (χ1) is 6.09. The zero-order valence-electron chi connectivity index (χ0n) is 7.24. The summed E-state index contributed by atoms with van der Waals surface area (Å²) in [6, 6.07) is 1.67. The molecule has 1 N–H and O–H groups in total. The highest BCUT2D eigenvalue weighted by Crippen LogP contribution is 2.26. The minimum atomic E-state index is -0.884. The van der Waals surface area contributed by atoms with E-state index in [9.17, 15) is 4.79 Å². The number of nitrogens with zero attached hydrogens (tertiary/aromatic N) is 2. The molecule has 0 bridgehead atoms. The van der Waals surface area contributed by atoms with Gasteiger partial charge in [-0.3, -0.25) is 4.68 Å². The maximum atomic E-state index is 10.6. The highest BCUT2D eigenvalue weighted by atomic mass is 32.1. The molecule has 0 aliphatic rings. The van der Waals surface area contributed by atoms with Gasteiger partial charge in [0.15, 0.2) is 0 Å². The summed E-state index contributed by atoms with van der Waals surface area (Å²) < 4.78 is 1.76. The number of carboxylic acids is 1. The van der Waals surface area contributed by atoms with Gasteiger partial charge in [-0.15, -0.1) is 11.3 Å². The largest absolute Gasteiger partial charge is 0.477 e. The highest BCUT2D eigenvalue weighted by molar-refractivity contribution is 7.20. The summed E-state index contributed by atoms with van der Waals surface area (Å²) in [7, 11) is 1.85. The first-order valence-electron chi connectivity index (χ1n) is 3.76. The SMILES string of the molecule is Cc1c2cc(C(=O)O)sc2nn1C. The lowest BCUT2D eigenvalue weighted by molar-refractivity contribution is 0.0702. The summed E-state index contributed by atoms with van der Waals surface area (Å²) >= 11 is 1.21. The van der Waals surface area contributed by atoms with Crippen LogP contribution < -0.4 is 0 Å². The Kier molecular flexibility index (Phi) is 1.63. The molecule has 2 rings (SSSR count). The van der Waals surface area contributed by atoms with Crippen molar-refractivity contribution in [2.24, 2.45) is 7.05 Å². The van der Waals surface area contributed by atoms with Crippen LogP contribution in [0.5, 0.6) is 0 Å². The van der Waals surface area contributed by atoms with E-state index in [0.29, 0.717) is 4.88 Å². The summed E-state index contributed by atoms with van der Waals surface area (Å²) in [6.07, 6.45) is 0. The zero-order chi connectivity index (χ0) is 9.59. The number of fused-ring (bicyclic) bond motifs is 1. The summed E-state index contributed by atoms with van der Waals surface area (Å²) in [6.45, 7) is 1.92. The molecule has 2 aromatic rings. The third-order valence-corrected chi connectivity index (χ3v) is 3.05. The van der Waals surface area contributed by atoms with Gasteiger partial charge in [-0.25, -0.2) is 4.79 Å². The Morgan fingerprint density at radius 3 is 2.92 bits per heavy atom. The highest BCUT2D eigenvalue weighted by Gasteiger charge is 2.13. The molecule has 0 amide bonds. The van der Waals surface area contributed by atoms with E-state index in [1.807, 2.05) is 14.0 Å². The number of aryl methyl sites for hydroxylation is 2. The molecule has 0 spiro atoms. The van der Waals surface area contributed by atoms with Crippen molar-refractivity contribution in [1.82, 2.24) is 9.78 Å². The Morgan fingerprint density at radius 2 is 2.38 bits per heavy atom. The molecule has 2 heterocycles. The predicted molar refractivity (Wildman–Crippen MR) is 50.3 cm³/mol. The molecule has 0 aromatic carbocycles. The molecule has 2 aromatic heterocycles. The second-order valence-electron chi connectivity index (χ2n) is 2.84. The minimum Gasteiger partial charge on any atom is -0.477 e. The first kappa shape index (κ1) is 8.25. The molecule has 5 heteroatoms. The Bertz CT molecular complexity index is 484. The Balaban J connectivity index is 2.72. The number of hydrogen-bond donors (Lipinski definition) is 1. The molecule has 0 saturated carbocycles. The van der Waals surface area contributed by atoms with Crippen LogP contribution in [0.1, 0.15) is 15.4 Å². The second-order valence-corrected chi connectivity index (χ2v) is 3.87. The lowest BCUT2D eigenvalue weighted by atomic mass is 10.3. The molecule has 68 valence electrons. The van der Waals surface area contributed by atoms with Gasteiger partial charge in [0.1, 0.15) is 9.71 Å². The van der Waals surface area contributed by atoms with Crippen LogP contribution >= 0.6 is 11.3 Å². The molecule has 4 nitrogen and oxygen atoms in total. The fourth-order valence-electron chi connectivity index (χ4n) is 1.21. The van der Waals surface area contributed by atoms with E-state index in [2.05, 4.69) is 5.10 Å². The molecule has 0 radical (unpaired) electrons. The Hall–Kier alpha value is -1.36. The molecule has 0 aliphatic carbocycles. The van der Waals surface area contributed by atoms with Crippen molar-refractivity contribution in [3.8, 4) is 0 Å². The van der Waals surface area contributed by atoms with E-state index in [4.69, 9.17) is 5.11 Å². The van der Waals surface area contributed by atoms with E-state index in [-0.39, 0.29) is 0 Å². The molecule has 0 unspecified atom stereocenters. The number of aromatic carboxylic acids is 1. The number of aromatic nitrogens is 2. The van der Waals surface area contributed by atoms with Gasteiger partial charge in [0.05, 0.1) is 0 Å². The number of rotatable bonds is 1. The number of carbonyl (C=O) groups is 1. The van der Waals surface area contributed by atoms with E-state index in [1.54, 1.807) is 10.7 Å². The molecule has 0 saturated heterocycles. The fraction of sp³-hybridized carbons (Fsp3) is 0.250. The predicted octanol–water partition coefficient (Wildman–Crippen LogP) is 1.64. The molecule has 0 fully saturated rings. The summed E-state index contributed by atoms with van der Waals surface area (Å²) in [5.41, 5.74) is 0.999. The van der Waals surface area contributed by atoms with E-state index in [1.165, 1.54) is 11.3 Å². The molecular formula is C8H8N2O2S.